The Kier molecular flexibility index (Phi) is 1.66. The van der Waals surface area contributed by atoms with Gasteiger partial charge < -0.3 is 15.5 Å². The molecule has 1 saturated heterocycles. The van der Waals surface area contributed by atoms with E-state index in [4.69, 9.17) is 5.11 Å². The molecule has 1 aromatic carbocycles. The Labute approximate surface area is 70.7 Å². The summed E-state index contributed by atoms with van der Waals surface area (Å²) < 4.78 is 0. The van der Waals surface area contributed by atoms with Crippen molar-refractivity contribution in [3.63, 3.8) is 0 Å². The minimum Gasteiger partial charge on any atom is -0.508 e. The van der Waals surface area contributed by atoms with E-state index in [1.807, 2.05) is 0 Å². The van der Waals surface area contributed by atoms with E-state index in [0.29, 0.717) is 0 Å². The molecule has 1 heterocycles. The summed E-state index contributed by atoms with van der Waals surface area (Å²) >= 11 is 0. The third-order valence-electron chi connectivity index (χ3n) is 2.21. The molecule has 0 radical (unpaired) electrons. The summed E-state index contributed by atoms with van der Waals surface area (Å²) in [7, 11) is 0. The van der Waals surface area contributed by atoms with E-state index >= 15 is 0 Å². The van der Waals surface area contributed by atoms with Crippen molar-refractivity contribution in [2.75, 3.05) is 6.54 Å². The molecule has 1 aliphatic heterocycles. The van der Waals surface area contributed by atoms with E-state index in [0.717, 1.165) is 18.5 Å². The third kappa shape index (κ3) is 1.12. The third-order valence-corrected chi connectivity index (χ3v) is 2.21. The van der Waals surface area contributed by atoms with Gasteiger partial charge in [0.15, 0.2) is 0 Å². The van der Waals surface area contributed by atoms with Gasteiger partial charge in [-0.25, -0.2) is 0 Å². The average Bonchev–Trinajstić information content (AvgIpc) is 1.93. The first-order valence-corrected chi connectivity index (χ1v) is 4.02. The van der Waals surface area contributed by atoms with E-state index in [-0.39, 0.29) is 17.5 Å². The molecule has 1 fully saturated rings. The zero-order valence-electron chi connectivity index (χ0n) is 6.62. The number of aromatic hydroxyl groups is 2. The van der Waals surface area contributed by atoms with Gasteiger partial charge in [0.05, 0.1) is 0 Å². The van der Waals surface area contributed by atoms with E-state index < -0.39 is 0 Å². The van der Waals surface area contributed by atoms with Gasteiger partial charge in [-0.05, 0) is 31.2 Å². The maximum Gasteiger partial charge on any atom is 0.120 e. The van der Waals surface area contributed by atoms with Crippen LogP contribution in [0.5, 0.6) is 11.5 Å². The topological polar surface area (TPSA) is 52.5 Å². The standard InChI is InChI=1S/C9H11NO2/c11-6-1-2-9(12)7(5-6)8-3-4-10-8/h1-2,5,8,10-12H,3-4H2/t8-/m1/s1. The van der Waals surface area contributed by atoms with Crippen molar-refractivity contribution in [2.24, 2.45) is 0 Å². The largest absolute Gasteiger partial charge is 0.508 e. The summed E-state index contributed by atoms with van der Waals surface area (Å²) in [6.45, 7) is 0.986. The number of hydrogen-bond acceptors (Lipinski definition) is 3. The van der Waals surface area contributed by atoms with Crippen molar-refractivity contribution >= 4 is 0 Å². The molecule has 64 valence electrons. The van der Waals surface area contributed by atoms with Crippen LogP contribution in [0.1, 0.15) is 18.0 Å². The van der Waals surface area contributed by atoms with Gasteiger partial charge in [0.1, 0.15) is 11.5 Å². The van der Waals surface area contributed by atoms with Crippen LogP contribution < -0.4 is 5.32 Å². The molecule has 1 atom stereocenters. The van der Waals surface area contributed by atoms with Gasteiger partial charge in [-0.15, -0.1) is 0 Å². The van der Waals surface area contributed by atoms with Crippen LogP contribution in [0, 0.1) is 0 Å². The minimum absolute atomic E-state index is 0.205. The van der Waals surface area contributed by atoms with Crippen LogP contribution >= 0.6 is 0 Å². The number of phenolic OH excluding ortho intramolecular Hbond substituents is 2. The highest BCUT2D eigenvalue weighted by Crippen LogP contribution is 2.32. The maximum atomic E-state index is 9.42. The molecule has 0 unspecified atom stereocenters. The molecule has 12 heavy (non-hydrogen) atoms. The van der Waals surface area contributed by atoms with E-state index in [1.54, 1.807) is 6.07 Å². The number of rotatable bonds is 1. The summed E-state index contributed by atoms with van der Waals surface area (Å²) in [4.78, 5) is 0. The van der Waals surface area contributed by atoms with Gasteiger partial charge >= 0.3 is 0 Å². The second-order valence-electron chi connectivity index (χ2n) is 3.04. The number of benzene rings is 1. The highest BCUT2D eigenvalue weighted by atomic mass is 16.3. The molecule has 0 saturated carbocycles. The summed E-state index contributed by atoms with van der Waals surface area (Å²) in [5.74, 6) is 0.460. The molecule has 3 nitrogen and oxygen atoms in total. The monoisotopic (exact) mass is 165 g/mol. The van der Waals surface area contributed by atoms with Crippen molar-refractivity contribution in [1.29, 1.82) is 0 Å². The highest BCUT2D eigenvalue weighted by Gasteiger charge is 2.21. The molecule has 0 amide bonds. The Bertz CT molecular complexity index is 295. The van der Waals surface area contributed by atoms with Gasteiger partial charge in [-0.3, -0.25) is 0 Å². The molecule has 1 aliphatic rings. The van der Waals surface area contributed by atoms with Gasteiger partial charge in [-0.1, -0.05) is 0 Å². The smallest absolute Gasteiger partial charge is 0.120 e. The van der Waals surface area contributed by atoms with E-state index in [2.05, 4.69) is 5.32 Å². The van der Waals surface area contributed by atoms with Crippen molar-refractivity contribution in [1.82, 2.24) is 5.32 Å². The van der Waals surface area contributed by atoms with Crippen LogP contribution in [0.25, 0.3) is 0 Å². The van der Waals surface area contributed by atoms with Crippen LogP contribution in [0.4, 0.5) is 0 Å². The van der Waals surface area contributed by atoms with Gasteiger partial charge in [0.2, 0.25) is 0 Å². The van der Waals surface area contributed by atoms with E-state index in [9.17, 15) is 5.11 Å². The lowest BCUT2D eigenvalue weighted by Gasteiger charge is -2.28. The minimum atomic E-state index is 0.205. The Balaban J connectivity index is 2.34. The SMILES string of the molecule is Oc1ccc(O)c([C@H]2CCN2)c1. The second kappa shape index (κ2) is 2.68. The quantitative estimate of drug-likeness (QED) is 0.547. The normalized spacial score (nSPS) is 21.8. The Morgan fingerprint density at radius 3 is 2.67 bits per heavy atom. The zero-order valence-corrected chi connectivity index (χ0v) is 6.62. The predicted molar refractivity (Wildman–Crippen MR) is 45.1 cm³/mol. The maximum absolute atomic E-state index is 9.42. The Hall–Kier alpha value is -1.22. The van der Waals surface area contributed by atoms with Gasteiger partial charge in [0, 0.05) is 11.6 Å². The molecular weight excluding hydrogens is 154 g/mol. The molecule has 0 aliphatic carbocycles. The lowest BCUT2D eigenvalue weighted by Crippen LogP contribution is -2.34. The summed E-state index contributed by atoms with van der Waals surface area (Å²) in [6, 6.07) is 4.83. The van der Waals surface area contributed by atoms with Crippen molar-refractivity contribution in [3.8, 4) is 11.5 Å². The van der Waals surface area contributed by atoms with E-state index in [1.165, 1.54) is 12.1 Å². The average molecular weight is 165 g/mol. The lowest BCUT2D eigenvalue weighted by atomic mass is 9.97. The van der Waals surface area contributed by atoms with Crippen molar-refractivity contribution in [3.05, 3.63) is 23.8 Å². The van der Waals surface area contributed by atoms with Crippen LogP contribution in [-0.2, 0) is 0 Å². The first-order chi connectivity index (χ1) is 5.77. The molecule has 0 aromatic heterocycles. The number of nitrogens with one attached hydrogen (secondary N) is 1. The van der Waals surface area contributed by atoms with Crippen molar-refractivity contribution < 1.29 is 10.2 Å². The molecule has 2 rings (SSSR count). The first kappa shape index (κ1) is 7.43. The predicted octanol–water partition coefficient (Wildman–Crippen LogP) is 1.13. The molecule has 3 heteroatoms. The van der Waals surface area contributed by atoms with Gasteiger partial charge in [-0.2, -0.15) is 0 Å². The zero-order chi connectivity index (χ0) is 8.55. The first-order valence-electron chi connectivity index (χ1n) is 4.02. The highest BCUT2D eigenvalue weighted by molar-refractivity contribution is 5.41. The van der Waals surface area contributed by atoms with Crippen LogP contribution in [-0.4, -0.2) is 16.8 Å². The van der Waals surface area contributed by atoms with Crippen LogP contribution in [0.15, 0.2) is 18.2 Å². The fourth-order valence-electron chi connectivity index (χ4n) is 1.38. The fourth-order valence-corrected chi connectivity index (χ4v) is 1.38. The van der Waals surface area contributed by atoms with Crippen LogP contribution in [0.3, 0.4) is 0 Å². The van der Waals surface area contributed by atoms with Gasteiger partial charge in [0.25, 0.3) is 0 Å². The molecule has 1 aromatic rings. The number of hydrogen-bond donors (Lipinski definition) is 3. The molecule has 0 spiro atoms. The number of phenols is 2. The Morgan fingerprint density at radius 2 is 2.08 bits per heavy atom. The summed E-state index contributed by atoms with van der Waals surface area (Å²) in [5.41, 5.74) is 0.793. The molecule has 3 N–H and O–H groups in total. The second-order valence-corrected chi connectivity index (χ2v) is 3.04. The fraction of sp³-hybridized carbons (Fsp3) is 0.333. The summed E-state index contributed by atoms with van der Waals surface area (Å²) in [6.07, 6.45) is 1.02. The summed E-state index contributed by atoms with van der Waals surface area (Å²) in [5, 5.41) is 21.7. The molecular formula is C9H11NO2. The Morgan fingerprint density at radius 1 is 1.33 bits per heavy atom. The lowest BCUT2D eigenvalue weighted by molar-refractivity contribution is 0.362. The van der Waals surface area contributed by atoms with Crippen molar-refractivity contribution in [2.45, 2.75) is 12.5 Å². The van der Waals surface area contributed by atoms with Crippen LogP contribution in [0.2, 0.25) is 0 Å². The molecule has 0 bridgehead atoms.